The molecule has 1 amide bonds. The van der Waals surface area contributed by atoms with Gasteiger partial charge in [0.2, 0.25) is 0 Å². The molecule has 0 saturated carbocycles. The summed E-state index contributed by atoms with van der Waals surface area (Å²) in [6.45, 7) is 3.77. The number of aliphatic hydroxyl groups is 1. The van der Waals surface area contributed by atoms with Crippen LogP contribution in [0.15, 0.2) is 42.0 Å². The Morgan fingerprint density at radius 3 is 2.50 bits per heavy atom. The van der Waals surface area contributed by atoms with E-state index in [2.05, 4.69) is 0 Å². The third-order valence-corrected chi connectivity index (χ3v) is 5.16. The van der Waals surface area contributed by atoms with Crippen LogP contribution >= 0.6 is 0 Å². The van der Waals surface area contributed by atoms with Crippen molar-refractivity contribution < 1.29 is 28.6 Å². The summed E-state index contributed by atoms with van der Waals surface area (Å²) in [4.78, 5) is 27.2. The average molecular weight is 413 g/mol. The minimum absolute atomic E-state index is 0.0639. The number of carbonyl (C=O) groups excluding carboxylic acids is 2. The molecule has 30 heavy (non-hydrogen) atoms. The summed E-state index contributed by atoms with van der Waals surface area (Å²) in [5, 5.41) is 11.0. The fourth-order valence-corrected chi connectivity index (χ4v) is 3.75. The van der Waals surface area contributed by atoms with Crippen molar-refractivity contribution in [1.82, 2.24) is 4.90 Å². The number of halogens is 1. The predicted molar refractivity (Wildman–Crippen MR) is 110 cm³/mol. The van der Waals surface area contributed by atoms with Crippen LogP contribution in [-0.4, -0.2) is 42.5 Å². The van der Waals surface area contributed by atoms with E-state index in [1.807, 2.05) is 6.92 Å². The van der Waals surface area contributed by atoms with Crippen molar-refractivity contribution in [3.8, 4) is 11.5 Å². The number of amides is 1. The van der Waals surface area contributed by atoms with Crippen molar-refractivity contribution in [2.45, 2.75) is 26.3 Å². The van der Waals surface area contributed by atoms with Gasteiger partial charge < -0.3 is 19.5 Å². The van der Waals surface area contributed by atoms with Gasteiger partial charge in [-0.1, -0.05) is 19.1 Å². The Morgan fingerprint density at radius 1 is 1.17 bits per heavy atom. The number of aryl methyl sites for hydroxylation is 1. The number of ketones is 1. The normalized spacial score (nSPS) is 18.0. The second kappa shape index (κ2) is 8.57. The lowest BCUT2D eigenvalue weighted by atomic mass is 9.94. The number of benzene rings is 2. The summed E-state index contributed by atoms with van der Waals surface area (Å²) >= 11 is 0. The highest BCUT2D eigenvalue weighted by atomic mass is 19.1. The predicted octanol–water partition coefficient (Wildman–Crippen LogP) is 3.98. The van der Waals surface area contributed by atoms with Gasteiger partial charge in [-0.3, -0.25) is 9.59 Å². The van der Waals surface area contributed by atoms with Crippen molar-refractivity contribution in [3.05, 3.63) is 64.5 Å². The summed E-state index contributed by atoms with van der Waals surface area (Å²) in [6.07, 6.45) is 0.617. The zero-order valence-corrected chi connectivity index (χ0v) is 17.4. The van der Waals surface area contributed by atoms with Gasteiger partial charge >= 0.3 is 0 Å². The van der Waals surface area contributed by atoms with Gasteiger partial charge in [0, 0.05) is 17.7 Å². The smallest absolute Gasteiger partial charge is 0.295 e. The van der Waals surface area contributed by atoms with E-state index >= 15 is 0 Å². The Hall–Kier alpha value is -3.35. The lowest BCUT2D eigenvalue weighted by molar-refractivity contribution is -0.139. The molecule has 7 heteroatoms. The lowest BCUT2D eigenvalue weighted by Crippen LogP contribution is -2.30. The summed E-state index contributed by atoms with van der Waals surface area (Å²) < 4.78 is 24.6. The minimum Gasteiger partial charge on any atom is -0.507 e. The molecular weight excluding hydrogens is 389 g/mol. The molecule has 0 spiro atoms. The van der Waals surface area contributed by atoms with Crippen LogP contribution < -0.4 is 9.47 Å². The summed E-state index contributed by atoms with van der Waals surface area (Å²) in [5.74, 6) is -1.47. The Kier molecular flexibility index (Phi) is 6.10. The second-order valence-electron chi connectivity index (χ2n) is 7.04. The lowest BCUT2D eigenvalue weighted by Gasteiger charge is -2.26. The molecule has 1 fully saturated rings. The number of Topliss-reactive ketones (excluding diaryl/α,β-unsaturated/α-hetero) is 1. The highest BCUT2D eigenvalue weighted by Crippen LogP contribution is 2.45. The zero-order chi connectivity index (χ0) is 22.0. The van der Waals surface area contributed by atoms with Gasteiger partial charge in [-0.15, -0.1) is 0 Å². The third-order valence-electron chi connectivity index (χ3n) is 5.16. The van der Waals surface area contributed by atoms with Crippen LogP contribution in [0.3, 0.4) is 0 Å². The zero-order valence-electron chi connectivity index (χ0n) is 17.4. The number of nitrogens with zero attached hydrogens (tertiary/aromatic N) is 1. The number of para-hydroxylation sites is 1. The van der Waals surface area contributed by atoms with Gasteiger partial charge in [0.1, 0.15) is 11.6 Å². The van der Waals surface area contributed by atoms with Gasteiger partial charge in [-0.2, -0.15) is 0 Å². The first-order valence-electron chi connectivity index (χ1n) is 9.61. The highest BCUT2D eigenvalue weighted by molar-refractivity contribution is 6.46. The molecule has 0 bridgehead atoms. The maximum absolute atomic E-state index is 13.7. The average Bonchev–Trinajstić information content (AvgIpc) is 2.99. The molecule has 3 rings (SSSR count). The molecule has 2 aromatic carbocycles. The molecular formula is C23H24FNO5. The van der Waals surface area contributed by atoms with Crippen molar-refractivity contribution in [3.63, 3.8) is 0 Å². The quantitative estimate of drug-likeness (QED) is 0.440. The molecule has 1 N–H and O–H groups in total. The SMILES string of the molecule is CCCN1C(=O)C(=O)/C(=C(/O)c2ccc(F)c(C)c2)C1c1cccc(OC)c1OC. The van der Waals surface area contributed by atoms with E-state index in [0.717, 1.165) is 0 Å². The largest absolute Gasteiger partial charge is 0.507 e. The number of methoxy groups -OCH3 is 2. The van der Waals surface area contributed by atoms with Crippen molar-refractivity contribution in [2.24, 2.45) is 0 Å². The van der Waals surface area contributed by atoms with Gasteiger partial charge in [0.25, 0.3) is 11.7 Å². The van der Waals surface area contributed by atoms with E-state index in [-0.39, 0.29) is 16.9 Å². The topological polar surface area (TPSA) is 76.1 Å². The first kappa shape index (κ1) is 21.4. The summed E-state index contributed by atoms with van der Waals surface area (Å²) in [6, 6.07) is 8.34. The molecule has 6 nitrogen and oxygen atoms in total. The van der Waals surface area contributed by atoms with Crippen LogP contribution in [0.1, 0.15) is 36.1 Å². The van der Waals surface area contributed by atoms with E-state index in [9.17, 15) is 19.1 Å². The first-order chi connectivity index (χ1) is 14.3. The Morgan fingerprint density at radius 2 is 1.90 bits per heavy atom. The molecule has 1 unspecified atom stereocenters. The van der Waals surface area contributed by atoms with E-state index in [4.69, 9.17) is 9.47 Å². The second-order valence-corrected chi connectivity index (χ2v) is 7.04. The summed E-state index contributed by atoms with van der Waals surface area (Å²) in [5.41, 5.74) is 1.03. The molecule has 1 heterocycles. The van der Waals surface area contributed by atoms with Crippen LogP contribution in [-0.2, 0) is 9.59 Å². The number of hydrogen-bond donors (Lipinski definition) is 1. The maximum Gasteiger partial charge on any atom is 0.295 e. The first-order valence-corrected chi connectivity index (χ1v) is 9.61. The van der Waals surface area contributed by atoms with E-state index in [0.29, 0.717) is 35.6 Å². The molecule has 1 atom stereocenters. The van der Waals surface area contributed by atoms with E-state index < -0.39 is 23.5 Å². The molecule has 1 aliphatic rings. The van der Waals surface area contributed by atoms with Crippen LogP contribution in [0, 0.1) is 12.7 Å². The van der Waals surface area contributed by atoms with Gasteiger partial charge in [-0.25, -0.2) is 4.39 Å². The van der Waals surface area contributed by atoms with Crippen molar-refractivity contribution >= 4 is 17.4 Å². The van der Waals surface area contributed by atoms with Crippen LogP contribution in [0.2, 0.25) is 0 Å². The Labute approximate surface area is 174 Å². The van der Waals surface area contributed by atoms with E-state index in [1.54, 1.807) is 25.1 Å². The fraction of sp³-hybridized carbons (Fsp3) is 0.304. The van der Waals surface area contributed by atoms with Crippen LogP contribution in [0.4, 0.5) is 4.39 Å². The van der Waals surface area contributed by atoms with Crippen LogP contribution in [0.25, 0.3) is 5.76 Å². The number of rotatable bonds is 6. The van der Waals surface area contributed by atoms with Crippen LogP contribution in [0.5, 0.6) is 11.5 Å². The molecule has 0 aliphatic carbocycles. The standard InChI is InChI=1S/C23H24FNO5/c1-5-11-25-19(15-7-6-8-17(29-3)22(15)30-4)18(21(27)23(25)28)20(26)14-9-10-16(24)13(2)12-14/h6-10,12,19,26H,5,11H2,1-4H3/b20-18+. The molecule has 1 aliphatic heterocycles. The maximum atomic E-state index is 13.7. The molecule has 0 radical (unpaired) electrons. The van der Waals surface area contributed by atoms with Crippen molar-refractivity contribution in [1.29, 1.82) is 0 Å². The molecule has 0 aromatic heterocycles. The molecule has 2 aromatic rings. The van der Waals surface area contributed by atoms with Crippen molar-refractivity contribution in [2.75, 3.05) is 20.8 Å². The third kappa shape index (κ3) is 3.51. The highest BCUT2D eigenvalue weighted by Gasteiger charge is 2.47. The number of ether oxygens (including phenoxy) is 2. The minimum atomic E-state index is -0.861. The number of likely N-dealkylation sites (tertiary alicyclic amines) is 1. The molecule has 158 valence electrons. The molecule has 1 saturated heterocycles. The number of aliphatic hydroxyl groups excluding tert-OH is 1. The fourth-order valence-electron chi connectivity index (χ4n) is 3.75. The summed E-state index contributed by atoms with van der Waals surface area (Å²) in [7, 11) is 2.96. The number of carbonyl (C=O) groups is 2. The van der Waals surface area contributed by atoms with Gasteiger partial charge in [-0.05, 0) is 43.2 Å². The monoisotopic (exact) mass is 413 g/mol. The van der Waals surface area contributed by atoms with E-state index in [1.165, 1.54) is 37.3 Å². The Bertz CT molecular complexity index is 1030. The van der Waals surface area contributed by atoms with Gasteiger partial charge in [0.05, 0.1) is 25.8 Å². The Balaban J connectivity index is 2.28. The van der Waals surface area contributed by atoms with Gasteiger partial charge in [0.15, 0.2) is 11.5 Å². The number of hydrogen-bond acceptors (Lipinski definition) is 5.